The van der Waals surface area contributed by atoms with Crippen molar-refractivity contribution in [2.24, 2.45) is 11.7 Å². The van der Waals surface area contributed by atoms with Gasteiger partial charge in [0.05, 0.1) is 6.61 Å². The Morgan fingerprint density at radius 3 is 2.47 bits per heavy atom. The average molecular weight is 242 g/mol. The lowest BCUT2D eigenvalue weighted by Crippen LogP contribution is -2.47. The molecule has 0 aliphatic heterocycles. The van der Waals surface area contributed by atoms with Crippen molar-refractivity contribution >= 4 is 0 Å². The zero-order valence-corrected chi connectivity index (χ0v) is 11.7. The lowest BCUT2D eigenvalue weighted by molar-refractivity contribution is 0.0726. The third kappa shape index (κ3) is 4.94. The van der Waals surface area contributed by atoms with Gasteiger partial charge in [-0.05, 0) is 32.2 Å². The maximum atomic E-state index is 6.00. The summed E-state index contributed by atoms with van der Waals surface area (Å²) in [6, 6.07) is 0.570. The fourth-order valence-electron chi connectivity index (χ4n) is 3.04. The molecular weight excluding hydrogens is 212 g/mol. The molecule has 0 aromatic heterocycles. The normalized spacial score (nSPS) is 19.8. The molecule has 0 saturated heterocycles. The molecule has 1 saturated carbocycles. The van der Waals surface area contributed by atoms with Crippen molar-refractivity contribution in [3.63, 3.8) is 0 Å². The predicted molar refractivity (Wildman–Crippen MR) is 73.2 cm³/mol. The molecular formula is C14H30N2O. The molecule has 1 aliphatic carbocycles. The number of nitrogens with zero attached hydrogens (tertiary/aromatic N) is 1. The second-order valence-corrected chi connectivity index (χ2v) is 5.03. The van der Waals surface area contributed by atoms with E-state index in [4.69, 9.17) is 10.5 Å². The summed E-state index contributed by atoms with van der Waals surface area (Å²) in [6.45, 7) is 8.86. The van der Waals surface area contributed by atoms with Crippen LogP contribution in [0.5, 0.6) is 0 Å². The van der Waals surface area contributed by atoms with E-state index in [9.17, 15) is 0 Å². The first-order chi connectivity index (χ1) is 8.33. The van der Waals surface area contributed by atoms with Gasteiger partial charge in [0.15, 0.2) is 0 Å². The smallest absolute Gasteiger partial charge is 0.0593 e. The molecule has 0 aromatic rings. The summed E-state index contributed by atoms with van der Waals surface area (Å²) < 4.78 is 5.47. The van der Waals surface area contributed by atoms with Crippen molar-refractivity contribution in [1.82, 2.24) is 4.90 Å². The highest BCUT2D eigenvalue weighted by Gasteiger charge is 2.26. The minimum atomic E-state index is 0.570. The van der Waals surface area contributed by atoms with Crippen LogP contribution in [0.1, 0.15) is 46.0 Å². The fourth-order valence-corrected chi connectivity index (χ4v) is 3.04. The molecule has 17 heavy (non-hydrogen) atoms. The Morgan fingerprint density at radius 1 is 1.24 bits per heavy atom. The number of hydrogen-bond donors (Lipinski definition) is 1. The van der Waals surface area contributed by atoms with Crippen LogP contribution in [0.15, 0.2) is 0 Å². The molecule has 1 unspecified atom stereocenters. The Morgan fingerprint density at radius 2 is 1.94 bits per heavy atom. The SMILES string of the molecule is CCOCCN(CC)C(CN)C1CCCCC1. The average Bonchev–Trinajstić information content (AvgIpc) is 2.39. The lowest BCUT2D eigenvalue weighted by Gasteiger charge is -2.37. The zero-order valence-electron chi connectivity index (χ0n) is 11.7. The minimum Gasteiger partial charge on any atom is -0.380 e. The van der Waals surface area contributed by atoms with Crippen LogP contribution < -0.4 is 5.73 Å². The van der Waals surface area contributed by atoms with Crippen LogP contribution in [-0.2, 0) is 4.74 Å². The van der Waals surface area contributed by atoms with Gasteiger partial charge < -0.3 is 10.5 Å². The van der Waals surface area contributed by atoms with E-state index >= 15 is 0 Å². The van der Waals surface area contributed by atoms with Crippen LogP contribution in [0.2, 0.25) is 0 Å². The summed E-state index contributed by atoms with van der Waals surface area (Å²) >= 11 is 0. The van der Waals surface area contributed by atoms with Crippen molar-refractivity contribution < 1.29 is 4.74 Å². The van der Waals surface area contributed by atoms with Gasteiger partial charge in [-0.1, -0.05) is 26.2 Å². The number of likely N-dealkylation sites (N-methyl/N-ethyl adjacent to an activating group) is 1. The summed E-state index contributed by atoms with van der Waals surface area (Å²) in [5, 5.41) is 0. The molecule has 102 valence electrons. The molecule has 0 amide bonds. The quantitative estimate of drug-likeness (QED) is 0.664. The molecule has 0 bridgehead atoms. The van der Waals surface area contributed by atoms with E-state index in [1.54, 1.807) is 0 Å². The summed E-state index contributed by atoms with van der Waals surface area (Å²) in [6.07, 6.45) is 6.94. The maximum Gasteiger partial charge on any atom is 0.0593 e. The van der Waals surface area contributed by atoms with E-state index in [0.717, 1.165) is 38.8 Å². The Hall–Kier alpha value is -0.120. The third-order valence-corrected chi connectivity index (χ3v) is 4.04. The van der Waals surface area contributed by atoms with Gasteiger partial charge in [0.25, 0.3) is 0 Å². The van der Waals surface area contributed by atoms with Crippen LogP contribution in [0.4, 0.5) is 0 Å². The molecule has 3 nitrogen and oxygen atoms in total. The van der Waals surface area contributed by atoms with Gasteiger partial charge >= 0.3 is 0 Å². The summed E-state index contributed by atoms with van der Waals surface area (Å²) in [7, 11) is 0. The Labute approximate surface area is 107 Å². The summed E-state index contributed by atoms with van der Waals surface area (Å²) in [5.41, 5.74) is 6.00. The van der Waals surface area contributed by atoms with E-state index in [1.807, 2.05) is 0 Å². The fraction of sp³-hybridized carbons (Fsp3) is 1.00. The van der Waals surface area contributed by atoms with Crippen molar-refractivity contribution in [3.8, 4) is 0 Å². The van der Waals surface area contributed by atoms with E-state index in [0.29, 0.717) is 6.04 Å². The van der Waals surface area contributed by atoms with Gasteiger partial charge in [-0.2, -0.15) is 0 Å². The highest BCUT2D eigenvalue weighted by molar-refractivity contribution is 4.82. The van der Waals surface area contributed by atoms with Gasteiger partial charge in [-0.25, -0.2) is 0 Å². The Bertz CT molecular complexity index is 181. The molecule has 1 rings (SSSR count). The monoisotopic (exact) mass is 242 g/mol. The van der Waals surface area contributed by atoms with Gasteiger partial charge in [0, 0.05) is 25.7 Å². The first kappa shape index (κ1) is 14.9. The van der Waals surface area contributed by atoms with Crippen molar-refractivity contribution in [1.29, 1.82) is 0 Å². The van der Waals surface area contributed by atoms with Crippen LogP contribution in [0, 0.1) is 5.92 Å². The van der Waals surface area contributed by atoms with E-state index in [1.165, 1.54) is 32.1 Å². The predicted octanol–water partition coefficient (Wildman–Crippen LogP) is 2.25. The van der Waals surface area contributed by atoms with Crippen molar-refractivity contribution in [2.45, 2.75) is 52.0 Å². The number of nitrogens with two attached hydrogens (primary N) is 1. The molecule has 2 N–H and O–H groups in total. The van der Waals surface area contributed by atoms with Crippen molar-refractivity contribution in [2.75, 3.05) is 32.8 Å². The van der Waals surface area contributed by atoms with Gasteiger partial charge in [-0.3, -0.25) is 4.90 Å². The molecule has 0 heterocycles. The van der Waals surface area contributed by atoms with Crippen molar-refractivity contribution in [3.05, 3.63) is 0 Å². The van der Waals surface area contributed by atoms with Crippen LogP contribution in [0.25, 0.3) is 0 Å². The molecule has 0 radical (unpaired) electrons. The highest BCUT2D eigenvalue weighted by Crippen LogP contribution is 2.28. The van der Waals surface area contributed by atoms with Gasteiger partial charge in [0.1, 0.15) is 0 Å². The number of ether oxygens (including phenoxy) is 1. The van der Waals surface area contributed by atoms with E-state index < -0.39 is 0 Å². The van der Waals surface area contributed by atoms with Gasteiger partial charge in [0.2, 0.25) is 0 Å². The van der Waals surface area contributed by atoms with Crippen LogP contribution >= 0.6 is 0 Å². The topological polar surface area (TPSA) is 38.5 Å². The molecule has 3 heteroatoms. The van der Waals surface area contributed by atoms with E-state index in [2.05, 4.69) is 18.7 Å². The van der Waals surface area contributed by atoms with Crippen LogP contribution in [0.3, 0.4) is 0 Å². The Balaban J connectivity index is 2.43. The molecule has 0 aromatic carbocycles. The largest absolute Gasteiger partial charge is 0.380 e. The Kier molecular flexibility index (Phi) is 7.82. The summed E-state index contributed by atoms with van der Waals surface area (Å²) in [5.74, 6) is 0.815. The number of hydrogen-bond acceptors (Lipinski definition) is 3. The van der Waals surface area contributed by atoms with Gasteiger partial charge in [-0.15, -0.1) is 0 Å². The van der Waals surface area contributed by atoms with Crippen LogP contribution in [-0.4, -0.2) is 43.8 Å². The standard InChI is InChI=1S/C14H30N2O/c1-3-16(10-11-17-4-2)14(12-15)13-8-6-5-7-9-13/h13-14H,3-12,15H2,1-2H3. The van der Waals surface area contributed by atoms with E-state index in [-0.39, 0.29) is 0 Å². The molecule has 0 spiro atoms. The number of rotatable bonds is 8. The maximum absolute atomic E-state index is 6.00. The molecule has 1 atom stereocenters. The summed E-state index contributed by atoms with van der Waals surface area (Å²) in [4.78, 5) is 2.52. The first-order valence-corrected chi connectivity index (χ1v) is 7.35. The molecule has 1 aliphatic rings. The molecule has 1 fully saturated rings. The highest BCUT2D eigenvalue weighted by atomic mass is 16.5. The zero-order chi connectivity index (χ0) is 12.5. The second kappa shape index (κ2) is 8.90. The third-order valence-electron chi connectivity index (χ3n) is 4.04. The first-order valence-electron chi connectivity index (χ1n) is 7.35. The minimum absolute atomic E-state index is 0.570. The lowest BCUT2D eigenvalue weighted by atomic mass is 9.83. The second-order valence-electron chi connectivity index (χ2n) is 5.03.